The van der Waals surface area contributed by atoms with E-state index in [0.29, 0.717) is 19.8 Å². The van der Waals surface area contributed by atoms with Crippen LogP contribution in [0.5, 0.6) is 0 Å². The standard InChI is InChI=1S/C20H25N7O/c1-5-27-19-14(20(3,4)12-21)10-16(26-8-9-28-11-13(26)2)23-18(19)17(25-27)15-6-7-22-24-15/h6-7,10,13H,5,8-9,11H2,1-4H3,(H,22,24). The minimum Gasteiger partial charge on any atom is -0.377 e. The van der Waals surface area contributed by atoms with Crippen LogP contribution in [0.4, 0.5) is 5.82 Å². The van der Waals surface area contributed by atoms with Crippen molar-refractivity contribution in [3.05, 3.63) is 23.9 Å². The van der Waals surface area contributed by atoms with Crippen LogP contribution in [0.1, 0.15) is 33.3 Å². The monoisotopic (exact) mass is 379 g/mol. The van der Waals surface area contributed by atoms with Gasteiger partial charge in [-0.1, -0.05) is 0 Å². The Morgan fingerprint density at radius 3 is 2.89 bits per heavy atom. The van der Waals surface area contributed by atoms with E-state index in [0.717, 1.165) is 40.3 Å². The van der Waals surface area contributed by atoms with Gasteiger partial charge in [0, 0.05) is 24.8 Å². The lowest BCUT2D eigenvalue weighted by Gasteiger charge is -2.35. The third-order valence-electron chi connectivity index (χ3n) is 5.35. The fourth-order valence-corrected chi connectivity index (χ4v) is 3.72. The Morgan fingerprint density at radius 2 is 2.25 bits per heavy atom. The molecule has 1 fully saturated rings. The summed E-state index contributed by atoms with van der Waals surface area (Å²) in [5.41, 5.74) is 3.53. The smallest absolute Gasteiger partial charge is 0.136 e. The Kier molecular flexibility index (Phi) is 4.55. The van der Waals surface area contributed by atoms with E-state index in [1.165, 1.54) is 0 Å². The maximum Gasteiger partial charge on any atom is 0.136 e. The van der Waals surface area contributed by atoms with Gasteiger partial charge in [0.05, 0.1) is 42.0 Å². The molecule has 1 saturated heterocycles. The van der Waals surface area contributed by atoms with Gasteiger partial charge in [-0.2, -0.15) is 15.5 Å². The third kappa shape index (κ3) is 2.92. The number of hydrogen-bond donors (Lipinski definition) is 1. The number of morpholine rings is 1. The number of fused-ring (bicyclic) bond motifs is 1. The Morgan fingerprint density at radius 1 is 1.43 bits per heavy atom. The quantitative estimate of drug-likeness (QED) is 0.749. The van der Waals surface area contributed by atoms with Crippen molar-refractivity contribution in [3.8, 4) is 17.5 Å². The molecule has 1 atom stereocenters. The van der Waals surface area contributed by atoms with E-state index in [4.69, 9.17) is 14.8 Å². The van der Waals surface area contributed by atoms with E-state index in [1.54, 1.807) is 6.20 Å². The molecule has 0 bridgehead atoms. The topological polar surface area (TPSA) is 95.7 Å². The largest absolute Gasteiger partial charge is 0.377 e. The number of anilines is 1. The third-order valence-corrected chi connectivity index (χ3v) is 5.35. The molecule has 1 aliphatic rings. The lowest BCUT2D eigenvalue weighted by atomic mass is 9.85. The van der Waals surface area contributed by atoms with Crippen molar-refractivity contribution < 1.29 is 4.74 Å². The van der Waals surface area contributed by atoms with Gasteiger partial charge in [0.1, 0.15) is 17.0 Å². The highest BCUT2D eigenvalue weighted by Crippen LogP contribution is 2.36. The first kappa shape index (κ1) is 18.4. The molecule has 1 unspecified atom stereocenters. The van der Waals surface area contributed by atoms with Crippen LogP contribution >= 0.6 is 0 Å². The fourth-order valence-electron chi connectivity index (χ4n) is 3.72. The molecule has 0 radical (unpaired) electrons. The van der Waals surface area contributed by atoms with E-state index in [2.05, 4.69) is 34.2 Å². The number of aromatic amines is 1. The highest BCUT2D eigenvalue weighted by atomic mass is 16.5. The minimum atomic E-state index is -0.677. The fraction of sp³-hybridized carbons (Fsp3) is 0.500. The predicted octanol–water partition coefficient (Wildman–Crippen LogP) is 2.87. The summed E-state index contributed by atoms with van der Waals surface area (Å²) in [7, 11) is 0. The number of nitriles is 1. The zero-order valence-electron chi connectivity index (χ0n) is 16.7. The van der Waals surface area contributed by atoms with Gasteiger partial charge in [-0.05, 0) is 39.8 Å². The molecule has 0 aliphatic carbocycles. The minimum absolute atomic E-state index is 0.216. The number of aromatic nitrogens is 5. The van der Waals surface area contributed by atoms with Crippen LogP contribution in [0.25, 0.3) is 22.4 Å². The SMILES string of the molecule is CCn1nc(-c2ccn[nH]2)c2nc(N3CCOCC3C)cc(C(C)(C)C#N)c21. The van der Waals surface area contributed by atoms with E-state index < -0.39 is 5.41 Å². The number of aryl methyl sites for hydroxylation is 1. The van der Waals surface area contributed by atoms with Crippen molar-refractivity contribution in [1.29, 1.82) is 5.26 Å². The molecular weight excluding hydrogens is 354 g/mol. The molecule has 3 aromatic heterocycles. The van der Waals surface area contributed by atoms with Crippen LogP contribution in [-0.2, 0) is 16.7 Å². The predicted molar refractivity (Wildman–Crippen MR) is 107 cm³/mol. The van der Waals surface area contributed by atoms with Gasteiger partial charge in [-0.25, -0.2) is 4.98 Å². The first-order valence-electron chi connectivity index (χ1n) is 9.63. The second kappa shape index (κ2) is 6.91. The van der Waals surface area contributed by atoms with Crippen LogP contribution in [-0.4, -0.2) is 50.8 Å². The lowest BCUT2D eigenvalue weighted by Crippen LogP contribution is -2.44. The van der Waals surface area contributed by atoms with Crippen LogP contribution in [0.2, 0.25) is 0 Å². The number of rotatable bonds is 4. The van der Waals surface area contributed by atoms with Gasteiger partial charge in [0.15, 0.2) is 0 Å². The summed E-state index contributed by atoms with van der Waals surface area (Å²) >= 11 is 0. The summed E-state index contributed by atoms with van der Waals surface area (Å²) in [5, 5.41) is 21.7. The van der Waals surface area contributed by atoms with Crippen molar-refractivity contribution in [1.82, 2.24) is 25.0 Å². The molecule has 3 aromatic rings. The summed E-state index contributed by atoms with van der Waals surface area (Å²) in [6, 6.07) is 6.62. The number of nitrogens with zero attached hydrogens (tertiary/aromatic N) is 6. The van der Waals surface area contributed by atoms with Gasteiger partial charge in [-0.3, -0.25) is 9.78 Å². The van der Waals surface area contributed by atoms with Gasteiger partial charge < -0.3 is 9.64 Å². The Labute approximate surface area is 164 Å². The molecule has 0 amide bonds. The zero-order chi connectivity index (χ0) is 19.9. The van der Waals surface area contributed by atoms with Crippen molar-refractivity contribution in [3.63, 3.8) is 0 Å². The molecular formula is C20H25N7O. The first-order chi connectivity index (χ1) is 13.5. The molecule has 8 heteroatoms. The molecule has 28 heavy (non-hydrogen) atoms. The number of pyridine rings is 1. The molecule has 1 N–H and O–H groups in total. The van der Waals surface area contributed by atoms with E-state index >= 15 is 0 Å². The van der Waals surface area contributed by atoms with Crippen LogP contribution < -0.4 is 4.90 Å². The van der Waals surface area contributed by atoms with Crippen molar-refractivity contribution >= 4 is 16.9 Å². The van der Waals surface area contributed by atoms with E-state index in [9.17, 15) is 5.26 Å². The summed E-state index contributed by atoms with van der Waals surface area (Å²) in [6.45, 7) is 10.9. The second-order valence-electron chi connectivity index (χ2n) is 7.71. The average molecular weight is 379 g/mol. The van der Waals surface area contributed by atoms with Gasteiger partial charge in [0.2, 0.25) is 0 Å². The molecule has 4 heterocycles. The van der Waals surface area contributed by atoms with E-state index in [1.807, 2.05) is 31.5 Å². The summed E-state index contributed by atoms with van der Waals surface area (Å²) in [5.74, 6) is 0.859. The maximum absolute atomic E-state index is 9.86. The number of H-pyrrole nitrogens is 1. The Hall–Kier alpha value is -2.92. The van der Waals surface area contributed by atoms with Crippen molar-refractivity contribution in [2.45, 2.75) is 45.7 Å². The highest BCUT2D eigenvalue weighted by molar-refractivity contribution is 5.93. The number of ether oxygens (including phenoxy) is 1. The Balaban J connectivity index is 2.03. The Bertz CT molecular complexity index is 1030. The molecule has 8 nitrogen and oxygen atoms in total. The molecule has 146 valence electrons. The molecule has 0 aromatic carbocycles. The summed E-state index contributed by atoms with van der Waals surface area (Å²) in [4.78, 5) is 7.26. The molecule has 0 spiro atoms. The molecule has 4 rings (SSSR count). The maximum atomic E-state index is 9.86. The van der Waals surface area contributed by atoms with Gasteiger partial charge in [-0.15, -0.1) is 0 Å². The first-order valence-corrected chi connectivity index (χ1v) is 9.63. The zero-order valence-corrected chi connectivity index (χ0v) is 16.7. The average Bonchev–Trinajstić information content (AvgIpc) is 3.35. The van der Waals surface area contributed by atoms with Crippen molar-refractivity contribution in [2.75, 3.05) is 24.7 Å². The molecule has 1 aliphatic heterocycles. The van der Waals surface area contributed by atoms with Crippen LogP contribution in [0, 0.1) is 11.3 Å². The number of nitrogens with one attached hydrogen (secondary N) is 1. The van der Waals surface area contributed by atoms with Crippen LogP contribution in [0.3, 0.4) is 0 Å². The van der Waals surface area contributed by atoms with Crippen LogP contribution in [0.15, 0.2) is 18.3 Å². The van der Waals surface area contributed by atoms with Gasteiger partial charge >= 0.3 is 0 Å². The summed E-state index contributed by atoms with van der Waals surface area (Å²) in [6.07, 6.45) is 1.71. The van der Waals surface area contributed by atoms with Crippen molar-refractivity contribution in [2.24, 2.45) is 0 Å². The summed E-state index contributed by atoms with van der Waals surface area (Å²) < 4.78 is 7.52. The van der Waals surface area contributed by atoms with E-state index in [-0.39, 0.29) is 6.04 Å². The molecule has 0 saturated carbocycles. The normalized spacial score (nSPS) is 17.8. The number of hydrogen-bond acceptors (Lipinski definition) is 6. The van der Waals surface area contributed by atoms with Gasteiger partial charge in [0.25, 0.3) is 0 Å². The highest BCUT2D eigenvalue weighted by Gasteiger charge is 2.30. The second-order valence-corrected chi connectivity index (χ2v) is 7.71. The lowest BCUT2D eigenvalue weighted by molar-refractivity contribution is 0.0985.